The van der Waals surface area contributed by atoms with E-state index < -0.39 is 4.92 Å². The number of benzene rings is 2. The highest BCUT2D eigenvalue weighted by atomic mass is 35.5. The average Bonchev–Trinajstić information content (AvgIpc) is 2.38. The lowest BCUT2D eigenvalue weighted by molar-refractivity contribution is -0.384. The van der Waals surface area contributed by atoms with E-state index in [2.05, 4.69) is 4.99 Å². The first-order valence-electron chi connectivity index (χ1n) is 5.20. The molecule has 0 saturated carbocycles. The predicted octanol–water partition coefficient (Wildman–Crippen LogP) is 4.00. The standard InChI is InChI=1S/C13H9ClN2O2/c14-13-7-6-12(16(17)18)8-10(13)9-15-11-4-2-1-3-5-11/h1-9H. The Bertz CT molecular complexity index is 597. The number of nitro groups is 1. The van der Waals surface area contributed by atoms with Crippen LogP contribution in [0.1, 0.15) is 5.56 Å². The first-order chi connectivity index (χ1) is 8.66. The molecule has 0 spiro atoms. The third kappa shape index (κ3) is 2.93. The number of para-hydroxylation sites is 1. The highest BCUT2D eigenvalue weighted by Crippen LogP contribution is 2.21. The summed E-state index contributed by atoms with van der Waals surface area (Å²) < 4.78 is 0. The van der Waals surface area contributed by atoms with Crippen molar-refractivity contribution in [3.8, 4) is 0 Å². The first-order valence-corrected chi connectivity index (χ1v) is 5.57. The molecule has 0 fully saturated rings. The van der Waals surface area contributed by atoms with Crippen LogP contribution in [0.2, 0.25) is 5.02 Å². The molecule has 2 aromatic rings. The number of hydrogen-bond acceptors (Lipinski definition) is 3. The van der Waals surface area contributed by atoms with Crippen LogP contribution in [0.15, 0.2) is 53.5 Å². The van der Waals surface area contributed by atoms with Crippen LogP contribution in [0.3, 0.4) is 0 Å². The summed E-state index contributed by atoms with van der Waals surface area (Å²) in [6.07, 6.45) is 1.52. The van der Waals surface area contributed by atoms with Crippen molar-refractivity contribution in [3.63, 3.8) is 0 Å². The number of halogens is 1. The smallest absolute Gasteiger partial charge is 0.258 e. The molecule has 0 amide bonds. The molecule has 0 bridgehead atoms. The van der Waals surface area contributed by atoms with Crippen LogP contribution >= 0.6 is 11.6 Å². The van der Waals surface area contributed by atoms with Crippen molar-refractivity contribution in [2.75, 3.05) is 0 Å². The molecule has 0 radical (unpaired) electrons. The van der Waals surface area contributed by atoms with Crippen LogP contribution < -0.4 is 0 Å². The number of hydrogen-bond donors (Lipinski definition) is 0. The van der Waals surface area contributed by atoms with Crippen LogP contribution in [-0.2, 0) is 0 Å². The van der Waals surface area contributed by atoms with Gasteiger partial charge in [0.1, 0.15) is 0 Å². The van der Waals surface area contributed by atoms with Crippen LogP contribution in [0.5, 0.6) is 0 Å². The van der Waals surface area contributed by atoms with Crippen molar-refractivity contribution < 1.29 is 4.92 Å². The topological polar surface area (TPSA) is 55.5 Å². The van der Waals surface area contributed by atoms with Gasteiger partial charge < -0.3 is 0 Å². The Hall–Kier alpha value is -2.20. The fourth-order valence-corrected chi connectivity index (χ4v) is 1.57. The molecule has 2 aromatic carbocycles. The van der Waals surface area contributed by atoms with Gasteiger partial charge in [0.25, 0.3) is 5.69 Å². The lowest BCUT2D eigenvalue weighted by atomic mass is 10.2. The molecule has 2 rings (SSSR count). The largest absolute Gasteiger partial charge is 0.270 e. The fourth-order valence-electron chi connectivity index (χ4n) is 1.40. The van der Waals surface area contributed by atoms with Gasteiger partial charge in [-0.05, 0) is 18.2 Å². The van der Waals surface area contributed by atoms with Crippen LogP contribution in [0, 0.1) is 10.1 Å². The predicted molar refractivity (Wildman–Crippen MR) is 71.8 cm³/mol. The third-order valence-corrected chi connectivity index (χ3v) is 2.64. The Balaban J connectivity index is 2.31. The molecule has 0 aliphatic heterocycles. The zero-order valence-electron chi connectivity index (χ0n) is 9.29. The molecule has 4 nitrogen and oxygen atoms in total. The monoisotopic (exact) mass is 260 g/mol. The van der Waals surface area contributed by atoms with E-state index in [0.29, 0.717) is 10.6 Å². The second-order valence-corrected chi connectivity index (χ2v) is 3.96. The lowest BCUT2D eigenvalue weighted by Crippen LogP contribution is -1.90. The van der Waals surface area contributed by atoms with E-state index in [-0.39, 0.29) is 5.69 Å². The van der Waals surface area contributed by atoms with Crippen molar-refractivity contribution in [1.29, 1.82) is 0 Å². The molecule has 0 heterocycles. The molecule has 0 saturated heterocycles. The van der Waals surface area contributed by atoms with E-state index >= 15 is 0 Å². The average molecular weight is 261 g/mol. The number of aliphatic imine (C=N–C) groups is 1. The fraction of sp³-hybridized carbons (Fsp3) is 0. The molecule has 0 unspecified atom stereocenters. The molecule has 0 N–H and O–H groups in total. The number of rotatable bonds is 3. The highest BCUT2D eigenvalue weighted by Gasteiger charge is 2.07. The minimum atomic E-state index is -0.462. The molecular weight excluding hydrogens is 252 g/mol. The Morgan fingerprint density at radius 1 is 1.17 bits per heavy atom. The van der Waals surface area contributed by atoms with Crippen LogP contribution in [0.4, 0.5) is 11.4 Å². The van der Waals surface area contributed by atoms with E-state index in [1.54, 1.807) is 0 Å². The minimum absolute atomic E-state index is 0.00564. The first kappa shape index (κ1) is 12.3. The lowest BCUT2D eigenvalue weighted by Gasteiger charge is -1.98. The summed E-state index contributed by atoms with van der Waals surface area (Å²) in [4.78, 5) is 14.4. The normalized spacial score (nSPS) is 10.7. The van der Waals surface area contributed by atoms with Crippen molar-refractivity contribution in [2.24, 2.45) is 4.99 Å². The number of nitrogens with zero attached hydrogens (tertiary/aromatic N) is 2. The Labute approximate surface area is 109 Å². The van der Waals surface area contributed by atoms with Gasteiger partial charge in [-0.25, -0.2) is 0 Å². The maximum absolute atomic E-state index is 10.7. The van der Waals surface area contributed by atoms with Crippen LogP contribution in [0.25, 0.3) is 0 Å². The highest BCUT2D eigenvalue weighted by molar-refractivity contribution is 6.33. The quantitative estimate of drug-likeness (QED) is 0.476. The Kier molecular flexibility index (Phi) is 3.69. The van der Waals surface area contributed by atoms with Gasteiger partial charge in [-0.15, -0.1) is 0 Å². The van der Waals surface area contributed by atoms with Gasteiger partial charge in [0.15, 0.2) is 0 Å². The molecule has 0 atom stereocenters. The van der Waals surface area contributed by atoms with Gasteiger partial charge in [0.2, 0.25) is 0 Å². The summed E-state index contributed by atoms with van der Waals surface area (Å²) in [7, 11) is 0. The molecule has 18 heavy (non-hydrogen) atoms. The van der Waals surface area contributed by atoms with Gasteiger partial charge in [-0.2, -0.15) is 0 Å². The second kappa shape index (κ2) is 5.42. The molecule has 0 aliphatic rings. The van der Waals surface area contributed by atoms with Crippen molar-refractivity contribution in [2.45, 2.75) is 0 Å². The minimum Gasteiger partial charge on any atom is -0.258 e. The Morgan fingerprint density at radius 2 is 1.89 bits per heavy atom. The summed E-state index contributed by atoms with van der Waals surface area (Å²) >= 11 is 5.95. The molecule has 0 aliphatic carbocycles. The van der Waals surface area contributed by atoms with Crippen molar-refractivity contribution in [1.82, 2.24) is 0 Å². The van der Waals surface area contributed by atoms with E-state index in [1.165, 1.54) is 24.4 Å². The zero-order valence-corrected chi connectivity index (χ0v) is 10.0. The van der Waals surface area contributed by atoms with Crippen molar-refractivity contribution in [3.05, 3.63) is 69.2 Å². The summed E-state index contributed by atoms with van der Waals surface area (Å²) in [5.41, 5.74) is 1.28. The molecule has 90 valence electrons. The molecule has 0 aromatic heterocycles. The van der Waals surface area contributed by atoms with E-state index in [9.17, 15) is 10.1 Å². The number of nitro benzene ring substituents is 1. The van der Waals surface area contributed by atoms with E-state index in [1.807, 2.05) is 30.3 Å². The van der Waals surface area contributed by atoms with E-state index in [0.717, 1.165) is 5.69 Å². The number of non-ortho nitro benzene ring substituents is 1. The van der Waals surface area contributed by atoms with Crippen LogP contribution in [-0.4, -0.2) is 11.1 Å². The molecule has 5 heteroatoms. The third-order valence-electron chi connectivity index (χ3n) is 2.30. The molecular formula is C13H9ClN2O2. The van der Waals surface area contributed by atoms with Gasteiger partial charge >= 0.3 is 0 Å². The van der Waals surface area contributed by atoms with Gasteiger partial charge in [-0.3, -0.25) is 15.1 Å². The zero-order chi connectivity index (χ0) is 13.0. The summed E-state index contributed by atoms with van der Waals surface area (Å²) in [6.45, 7) is 0. The summed E-state index contributed by atoms with van der Waals surface area (Å²) in [5, 5.41) is 11.1. The Morgan fingerprint density at radius 3 is 2.56 bits per heavy atom. The van der Waals surface area contributed by atoms with Gasteiger partial charge in [0.05, 0.1) is 10.6 Å². The van der Waals surface area contributed by atoms with E-state index in [4.69, 9.17) is 11.6 Å². The second-order valence-electron chi connectivity index (χ2n) is 3.56. The maximum Gasteiger partial charge on any atom is 0.270 e. The van der Waals surface area contributed by atoms with Gasteiger partial charge in [-0.1, -0.05) is 29.8 Å². The summed E-state index contributed by atoms with van der Waals surface area (Å²) in [6, 6.07) is 13.5. The van der Waals surface area contributed by atoms with Gasteiger partial charge in [0, 0.05) is 28.9 Å². The maximum atomic E-state index is 10.7. The SMILES string of the molecule is O=[N+]([O-])c1ccc(Cl)c(C=Nc2ccccc2)c1. The van der Waals surface area contributed by atoms with Crippen molar-refractivity contribution >= 4 is 29.2 Å². The summed E-state index contributed by atoms with van der Waals surface area (Å²) in [5.74, 6) is 0.